The van der Waals surface area contributed by atoms with Crippen LogP contribution in [0.5, 0.6) is 23.0 Å². The molecule has 0 fully saturated rings. The zero-order valence-corrected chi connectivity index (χ0v) is 33.2. The Balaban J connectivity index is 1.84. The van der Waals surface area contributed by atoms with Gasteiger partial charge in [0.1, 0.15) is 34.2 Å². The molecule has 0 saturated carbocycles. The molecule has 0 aromatic heterocycles. The molecule has 0 aliphatic heterocycles. The summed E-state index contributed by atoms with van der Waals surface area (Å²) in [6.45, 7) is 12.6. The number of methoxy groups -OCH3 is 2. The standard InChI is InChI=1S/C46H48O4P2/c1-45(2,3)49-39-31-29-37(47-7)41(43(39)51(33-21-13-9-14-22-33)34-23-15-10-16-24-34)42-38(48-8)30-32-40(50-46(4,5)6)44(42)52(35-25-17-11-18-26-35)36-27-19-12-20-28-36/h9-32H,1-8H3. The van der Waals surface area contributed by atoms with Gasteiger partial charge in [-0.3, -0.25) is 0 Å². The Hall–Kier alpha value is -4.62. The van der Waals surface area contributed by atoms with Gasteiger partial charge in [-0.25, -0.2) is 0 Å². The molecule has 6 aromatic carbocycles. The van der Waals surface area contributed by atoms with Crippen molar-refractivity contribution in [3.63, 3.8) is 0 Å². The second kappa shape index (κ2) is 16.0. The van der Waals surface area contributed by atoms with E-state index in [2.05, 4.69) is 175 Å². The molecule has 0 bridgehead atoms. The average molecular weight is 727 g/mol. The number of hydrogen-bond donors (Lipinski definition) is 0. The first-order valence-corrected chi connectivity index (χ1v) is 20.3. The van der Waals surface area contributed by atoms with Crippen molar-refractivity contribution in [1.29, 1.82) is 0 Å². The van der Waals surface area contributed by atoms with E-state index in [1.54, 1.807) is 14.2 Å². The van der Waals surface area contributed by atoms with E-state index in [4.69, 9.17) is 18.9 Å². The normalized spacial score (nSPS) is 11.8. The predicted molar refractivity (Wildman–Crippen MR) is 223 cm³/mol. The number of rotatable bonds is 11. The van der Waals surface area contributed by atoms with Crippen LogP contribution in [0.25, 0.3) is 11.1 Å². The monoisotopic (exact) mass is 726 g/mol. The molecule has 0 amide bonds. The van der Waals surface area contributed by atoms with E-state index in [9.17, 15) is 0 Å². The van der Waals surface area contributed by atoms with E-state index in [0.717, 1.165) is 44.7 Å². The average Bonchev–Trinajstić information content (AvgIpc) is 3.13. The highest BCUT2D eigenvalue weighted by Gasteiger charge is 2.35. The molecular formula is C46H48O4P2. The summed E-state index contributed by atoms with van der Waals surface area (Å²) in [5.41, 5.74) is 0.932. The van der Waals surface area contributed by atoms with Gasteiger partial charge < -0.3 is 18.9 Å². The quantitative estimate of drug-likeness (QED) is 0.125. The maximum Gasteiger partial charge on any atom is 0.129 e. The van der Waals surface area contributed by atoms with Crippen LogP contribution in [0.15, 0.2) is 146 Å². The molecule has 0 unspecified atom stereocenters. The minimum absolute atomic E-state index is 0.472. The highest BCUT2D eigenvalue weighted by atomic mass is 31.1. The lowest BCUT2D eigenvalue weighted by atomic mass is 10.0. The molecule has 0 spiro atoms. The minimum Gasteiger partial charge on any atom is -0.496 e. The van der Waals surface area contributed by atoms with E-state index in [0.29, 0.717) is 0 Å². The lowest BCUT2D eigenvalue weighted by molar-refractivity contribution is 0.132. The molecular weight excluding hydrogens is 678 g/mol. The fourth-order valence-corrected chi connectivity index (χ4v) is 11.4. The van der Waals surface area contributed by atoms with Crippen LogP contribution in [0.2, 0.25) is 0 Å². The van der Waals surface area contributed by atoms with Crippen LogP contribution in [0.1, 0.15) is 41.5 Å². The van der Waals surface area contributed by atoms with Crippen LogP contribution >= 0.6 is 15.8 Å². The van der Waals surface area contributed by atoms with E-state index in [-0.39, 0.29) is 0 Å². The van der Waals surface area contributed by atoms with E-state index in [1.165, 1.54) is 21.2 Å². The molecule has 0 saturated heterocycles. The van der Waals surface area contributed by atoms with E-state index < -0.39 is 27.0 Å². The van der Waals surface area contributed by atoms with Gasteiger partial charge in [-0.1, -0.05) is 121 Å². The van der Waals surface area contributed by atoms with Crippen LogP contribution < -0.4 is 50.8 Å². The third-order valence-electron chi connectivity index (χ3n) is 8.23. The summed E-state index contributed by atoms with van der Waals surface area (Å²) in [5.74, 6) is 3.08. The van der Waals surface area contributed by atoms with Gasteiger partial charge in [0.15, 0.2) is 0 Å². The van der Waals surface area contributed by atoms with Crippen LogP contribution in [-0.4, -0.2) is 25.4 Å². The predicted octanol–water partition coefficient (Wildman–Crippen LogP) is 9.24. The van der Waals surface area contributed by atoms with Gasteiger partial charge >= 0.3 is 0 Å². The van der Waals surface area contributed by atoms with Crippen LogP contribution in [0.3, 0.4) is 0 Å². The molecule has 52 heavy (non-hydrogen) atoms. The van der Waals surface area contributed by atoms with Crippen molar-refractivity contribution in [2.24, 2.45) is 0 Å². The third-order valence-corrected chi connectivity index (χ3v) is 13.3. The molecule has 0 N–H and O–H groups in total. The maximum absolute atomic E-state index is 6.97. The van der Waals surface area contributed by atoms with Gasteiger partial charge in [0.2, 0.25) is 0 Å². The first-order valence-electron chi connectivity index (χ1n) is 17.6. The zero-order valence-electron chi connectivity index (χ0n) is 31.4. The van der Waals surface area contributed by atoms with Gasteiger partial charge in [0.25, 0.3) is 0 Å². The lowest BCUT2D eigenvalue weighted by Gasteiger charge is -2.33. The molecule has 0 atom stereocenters. The SMILES string of the molecule is COc1ccc(OC(C)(C)C)c(P(c2ccccc2)c2ccccc2)c1-c1c(OC)ccc(OC(C)(C)C)c1P(c1ccccc1)c1ccccc1. The van der Waals surface area contributed by atoms with Crippen molar-refractivity contribution < 1.29 is 18.9 Å². The highest BCUT2D eigenvalue weighted by Crippen LogP contribution is 2.51. The Bertz CT molecular complexity index is 1840. The van der Waals surface area contributed by atoms with Gasteiger partial charge in [-0.05, 0) is 103 Å². The van der Waals surface area contributed by atoms with Crippen molar-refractivity contribution in [2.75, 3.05) is 14.2 Å². The molecule has 0 radical (unpaired) electrons. The van der Waals surface area contributed by atoms with Crippen molar-refractivity contribution in [1.82, 2.24) is 0 Å². The summed E-state index contributed by atoms with van der Waals surface area (Å²) in [4.78, 5) is 0. The molecule has 266 valence electrons. The van der Waals surface area contributed by atoms with Gasteiger partial charge in [-0.15, -0.1) is 0 Å². The topological polar surface area (TPSA) is 36.9 Å². The first-order chi connectivity index (χ1) is 25.0. The second-order valence-electron chi connectivity index (χ2n) is 14.4. The third kappa shape index (κ3) is 8.36. The fourth-order valence-electron chi connectivity index (χ4n) is 6.32. The molecule has 6 aromatic rings. The number of hydrogen-bond acceptors (Lipinski definition) is 4. The lowest BCUT2D eigenvalue weighted by Crippen LogP contribution is -2.32. The Morgan fingerprint density at radius 3 is 0.827 bits per heavy atom. The fraction of sp³-hybridized carbons (Fsp3) is 0.217. The molecule has 6 rings (SSSR count). The molecule has 0 aliphatic carbocycles. The Morgan fingerprint density at radius 2 is 0.596 bits per heavy atom. The zero-order chi connectivity index (χ0) is 36.9. The second-order valence-corrected chi connectivity index (χ2v) is 18.7. The van der Waals surface area contributed by atoms with Crippen molar-refractivity contribution in [3.05, 3.63) is 146 Å². The maximum atomic E-state index is 6.97. The number of benzene rings is 6. The number of ether oxygens (including phenoxy) is 4. The van der Waals surface area contributed by atoms with Crippen LogP contribution in [0, 0.1) is 0 Å². The molecule has 6 heteroatoms. The summed E-state index contributed by atoms with van der Waals surface area (Å²) in [6.07, 6.45) is 0. The van der Waals surface area contributed by atoms with Gasteiger partial charge in [0.05, 0.1) is 14.2 Å². The summed E-state index contributed by atoms with van der Waals surface area (Å²) in [6, 6.07) is 51.2. The van der Waals surface area contributed by atoms with Crippen molar-refractivity contribution >= 4 is 47.7 Å². The Labute approximate surface area is 312 Å². The minimum atomic E-state index is -1.17. The largest absolute Gasteiger partial charge is 0.496 e. The summed E-state index contributed by atoms with van der Waals surface area (Å²) in [5, 5.41) is 6.93. The van der Waals surface area contributed by atoms with Gasteiger partial charge in [-0.2, -0.15) is 0 Å². The van der Waals surface area contributed by atoms with Crippen molar-refractivity contribution in [2.45, 2.75) is 52.7 Å². The highest BCUT2D eigenvalue weighted by molar-refractivity contribution is 7.81. The smallest absolute Gasteiger partial charge is 0.129 e. The molecule has 0 aliphatic rings. The van der Waals surface area contributed by atoms with E-state index in [1.807, 2.05) is 12.1 Å². The summed E-state index contributed by atoms with van der Waals surface area (Å²) < 4.78 is 26.7. The van der Waals surface area contributed by atoms with Gasteiger partial charge in [0, 0.05) is 21.7 Å². The molecule has 4 nitrogen and oxygen atoms in total. The van der Waals surface area contributed by atoms with Crippen LogP contribution in [-0.2, 0) is 0 Å². The molecule has 0 heterocycles. The van der Waals surface area contributed by atoms with Crippen molar-refractivity contribution in [3.8, 4) is 34.1 Å². The summed E-state index contributed by atoms with van der Waals surface area (Å²) >= 11 is 0. The summed E-state index contributed by atoms with van der Waals surface area (Å²) in [7, 11) is 1.15. The Kier molecular flexibility index (Phi) is 11.4. The Morgan fingerprint density at radius 1 is 0.346 bits per heavy atom. The van der Waals surface area contributed by atoms with E-state index >= 15 is 0 Å². The van der Waals surface area contributed by atoms with Crippen LogP contribution in [0.4, 0.5) is 0 Å². The first kappa shape index (κ1) is 37.1.